The lowest BCUT2D eigenvalue weighted by atomic mass is 9.89. The van der Waals surface area contributed by atoms with Crippen molar-refractivity contribution in [2.24, 2.45) is 22.7 Å². The van der Waals surface area contributed by atoms with Crippen molar-refractivity contribution in [2.75, 3.05) is 19.6 Å². The average molecular weight is 254 g/mol. The summed E-state index contributed by atoms with van der Waals surface area (Å²) in [5.74, 6) is 8.13. The van der Waals surface area contributed by atoms with Crippen LogP contribution in [0.4, 0.5) is 0 Å². The zero-order valence-electron chi connectivity index (χ0n) is 12.3. The Bertz CT molecular complexity index is 250. The molecule has 0 aromatic carbocycles. The summed E-state index contributed by atoms with van der Waals surface area (Å²) < 4.78 is 0. The fourth-order valence-corrected chi connectivity index (χ4v) is 2.58. The van der Waals surface area contributed by atoms with E-state index >= 15 is 0 Å². The number of likely N-dealkylation sites (tertiary alicyclic amines) is 1. The predicted molar refractivity (Wildman–Crippen MR) is 78.3 cm³/mol. The molecule has 3 N–H and O–H groups in total. The maximum absolute atomic E-state index is 5.61. The summed E-state index contributed by atoms with van der Waals surface area (Å²) in [6.07, 6.45) is 6.15. The quantitative estimate of drug-likeness (QED) is 0.266. The largest absolute Gasteiger partial charge is 0.342 e. The van der Waals surface area contributed by atoms with Crippen LogP contribution < -0.4 is 11.3 Å². The lowest BCUT2D eigenvalue weighted by Gasteiger charge is -2.24. The van der Waals surface area contributed by atoms with E-state index in [1.165, 1.54) is 25.7 Å². The number of hydrazine groups is 1. The van der Waals surface area contributed by atoms with Crippen LogP contribution in [0.1, 0.15) is 52.9 Å². The Kier molecular flexibility index (Phi) is 7.09. The maximum Gasteiger partial charge on any atom is 0.208 e. The first-order valence-corrected chi connectivity index (χ1v) is 7.45. The molecule has 0 aliphatic carbocycles. The molecule has 1 rings (SSSR count). The lowest BCUT2D eigenvalue weighted by Crippen LogP contribution is -2.45. The average Bonchev–Trinajstić information content (AvgIpc) is 2.60. The summed E-state index contributed by atoms with van der Waals surface area (Å²) in [5, 5.41) is 0. The fourth-order valence-electron chi connectivity index (χ4n) is 2.58. The van der Waals surface area contributed by atoms with Crippen LogP contribution in [-0.4, -0.2) is 30.5 Å². The summed E-state index contributed by atoms with van der Waals surface area (Å²) in [5.41, 5.74) is 2.78. The van der Waals surface area contributed by atoms with Gasteiger partial charge in [-0.1, -0.05) is 27.2 Å². The maximum atomic E-state index is 5.61. The number of nitrogens with zero attached hydrogens (tertiary/aromatic N) is 2. The molecule has 1 saturated heterocycles. The van der Waals surface area contributed by atoms with E-state index in [0.29, 0.717) is 0 Å². The summed E-state index contributed by atoms with van der Waals surface area (Å²) in [6.45, 7) is 9.89. The van der Waals surface area contributed by atoms with Crippen molar-refractivity contribution in [3.8, 4) is 0 Å². The lowest BCUT2D eigenvalue weighted by molar-refractivity contribution is 0.338. The van der Waals surface area contributed by atoms with Gasteiger partial charge in [0, 0.05) is 19.6 Å². The Morgan fingerprint density at radius 1 is 1.39 bits per heavy atom. The monoisotopic (exact) mass is 254 g/mol. The van der Waals surface area contributed by atoms with Crippen LogP contribution in [0.5, 0.6) is 0 Å². The van der Waals surface area contributed by atoms with Gasteiger partial charge in [0.15, 0.2) is 0 Å². The first kappa shape index (κ1) is 15.3. The molecule has 18 heavy (non-hydrogen) atoms. The summed E-state index contributed by atoms with van der Waals surface area (Å²) in [7, 11) is 0. The van der Waals surface area contributed by atoms with Crippen LogP contribution in [-0.2, 0) is 0 Å². The van der Waals surface area contributed by atoms with E-state index in [0.717, 1.165) is 43.9 Å². The standard InChI is InChI=1S/C14H30N4/c1-4-5-9-16-14(17-15)18-10-6-7-13(8-11-18)12(2)3/h12-13H,4-11,15H2,1-3H3,(H,16,17). The molecular formula is C14H30N4. The third kappa shape index (κ3) is 4.84. The topological polar surface area (TPSA) is 53.6 Å². The number of hydrogen-bond donors (Lipinski definition) is 2. The minimum Gasteiger partial charge on any atom is -0.342 e. The molecule has 4 nitrogen and oxygen atoms in total. The molecule has 1 heterocycles. The normalized spacial score (nSPS) is 22.2. The highest BCUT2D eigenvalue weighted by atomic mass is 15.4. The van der Waals surface area contributed by atoms with E-state index in [-0.39, 0.29) is 0 Å². The van der Waals surface area contributed by atoms with E-state index in [1.54, 1.807) is 0 Å². The Labute approximate surface area is 112 Å². The Hall–Kier alpha value is -0.770. The van der Waals surface area contributed by atoms with Gasteiger partial charge in [0.25, 0.3) is 0 Å². The minimum absolute atomic E-state index is 0.788. The van der Waals surface area contributed by atoms with Crippen LogP contribution in [0.3, 0.4) is 0 Å². The summed E-state index contributed by atoms with van der Waals surface area (Å²) >= 11 is 0. The van der Waals surface area contributed by atoms with Gasteiger partial charge >= 0.3 is 0 Å². The number of rotatable bonds is 4. The van der Waals surface area contributed by atoms with Crippen molar-refractivity contribution in [1.29, 1.82) is 0 Å². The minimum atomic E-state index is 0.788. The van der Waals surface area contributed by atoms with Gasteiger partial charge < -0.3 is 4.90 Å². The molecule has 0 spiro atoms. The van der Waals surface area contributed by atoms with Crippen LogP contribution in [0.2, 0.25) is 0 Å². The molecule has 0 bridgehead atoms. The molecule has 0 saturated carbocycles. The van der Waals surface area contributed by atoms with Gasteiger partial charge in [-0.05, 0) is 37.5 Å². The highest BCUT2D eigenvalue weighted by Crippen LogP contribution is 2.24. The van der Waals surface area contributed by atoms with Gasteiger partial charge in [-0.15, -0.1) is 0 Å². The molecule has 1 aliphatic rings. The highest BCUT2D eigenvalue weighted by molar-refractivity contribution is 5.79. The van der Waals surface area contributed by atoms with Crippen molar-refractivity contribution in [3.05, 3.63) is 0 Å². The highest BCUT2D eigenvalue weighted by Gasteiger charge is 2.20. The van der Waals surface area contributed by atoms with Crippen molar-refractivity contribution >= 4 is 5.96 Å². The SMILES string of the molecule is CCCCN=C(NN)N1CCCC(C(C)C)CC1. The van der Waals surface area contributed by atoms with Gasteiger partial charge in [0.05, 0.1) is 0 Å². The molecule has 1 aliphatic heterocycles. The number of guanidine groups is 1. The first-order chi connectivity index (χ1) is 8.69. The van der Waals surface area contributed by atoms with Crippen molar-refractivity contribution in [2.45, 2.75) is 52.9 Å². The predicted octanol–water partition coefficient (Wildman–Crippen LogP) is 2.36. The molecule has 1 unspecified atom stereocenters. The zero-order chi connectivity index (χ0) is 13.4. The van der Waals surface area contributed by atoms with E-state index in [4.69, 9.17) is 5.84 Å². The van der Waals surface area contributed by atoms with Crippen LogP contribution in [0, 0.1) is 11.8 Å². The number of aliphatic imine (C=N–C) groups is 1. The number of hydrogen-bond acceptors (Lipinski definition) is 2. The third-order valence-electron chi connectivity index (χ3n) is 3.92. The van der Waals surface area contributed by atoms with Gasteiger partial charge in [-0.3, -0.25) is 10.4 Å². The molecule has 1 atom stereocenters. The zero-order valence-corrected chi connectivity index (χ0v) is 12.3. The number of nitrogens with two attached hydrogens (primary N) is 1. The van der Waals surface area contributed by atoms with Crippen LogP contribution in [0.25, 0.3) is 0 Å². The molecule has 0 aromatic heterocycles. The van der Waals surface area contributed by atoms with E-state index in [2.05, 4.69) is 36.1 Å². The molecule has 1 fully saturated rings. The van der Waals surface area contributed by atoms with Crippen molar-refractivity contribution in [1.82, 2.24) is 10.3 Å². The molecule has 106 valence electrons. The van der Waals surface area contributed by atoms with Crippen LogP contribution in [0.15, 0.2) is 4.99 Å². The van der Waals surface area contributed by atoms with E-state index in [9.17, 15) is 0 Å². The molecule has 0 amide bonds. The summed E-state index contributed by atoms with van der Waals surface area (Å²) in [4.78, 5) is 6.89. The molecular weight excluding hydrogens is 224 g/mol. The second-order valence-electron chi connectivity index (χ2n) is 5.63. The van der Waals surface area contributed by atoms with Crippen molar-refractivity contribution < 1.29 is 0 Å². The van der Waals surface area contributed by atoms with Gasteiger partial charge in [0.2, 0.25) is 5.96 Å². The molecule has 4 heteroatoms. The Balaban J connectivity index is 2.51. The second-order valence-corrected chi connectivity index (χ2v) is 5.63. The van der Waals surface area contributed by atoms with Crippen LogP contribution >= 0.6 is 0 Å². The van der Waals surface area contributed by atoms with E-state index in [1.807, 2.05) is 0 Å². The van der Waals surface area contributed by atoms with Crippen molar-refractivity contribution in [3.63, 3.8) is 0 Å². The van der Waals surface area contributed by atoms with E-state index < -0.39 is 0 Å². The Morgan fingerprint density at radius 3 is 2.78 bits per heavy atom. The summed E-state index contributed by atoms with van der Waals surface area (Å²) in [6, 6.07) is 0. The molecule has 0 radical (unpaired) electrons. The number of unbranched alkanes of at least 4 members (excludes halogenated alkanes) is 1. The van der Waals surface area contributed by atoms with Gasteiger partial charge in [-0.2, -0.15) is 0 Å². The smallest absolute Gasteiger partial charge is 0.208 e. The fraction of sp³-hybridized carbons (Fsp3) is 0.929. The first-order valence-electron chi connectivity index (χ1n) is 7.45. The number of nitrogens with one attached hydrogen (secondary N) is 1. The second kappa shape index (κ2) is 8.35. The third-order valence-corrected chi connectivity index (χ3v) is 3.92. The Morgan fingerprint density at radius 2 is 2.17 bits per heavy atom. The van der Waals surface area contributed by atoms with Gasteiger partial charge in [0.1, 0.15) is 0 Å². The van der Waals surface area contributed by atoms with Gasteiger partial charge in [-0.25, -0.2) is 5.84 Å². The molecule has 0 aromatic rings.